The van der Waals surface area contributed by atoms with Gasteiger partial charge in [0.25, 0.3) is 5.91 Å². The lowest BCUT2D eigenvalue weighted by Crippen LogP contribution is -2.47. The van der Waals surface area contributed by atoms with Crippen molar-refractivity contribution in [1.29, 1.82) is 0 Å². The van der Waals surface area contributed by atoms with Gasteiger partial charge in [0.05, 0.1) is 7.11 Å². The molecule has 0 bridgehead atoms. The molecule has 0 heterocycles. The maximum atomic E-state index is 12.2. The highest BCUT2D eigenvalue weighted by Gasteiger charge is 2.27. The Balaban J connectivity index is 2.03. The number of hydrogen-bond acceptors (Lipinski definition) is 6. The third-order valence-corrected chi connectivity index (χ3v) is 4.44. The first-order valence-corrected chi connectivity index (χ1v) is 8.64. The molecular weight excluding hydrogens is 350 g/mol. The number of carbonyl (C=O) groups excluding carboxylic acids is 3. The van der Waals surface area contributed by atoms with Crippen molar-refractivity contribution in [3.8, 4) is 5.75 Å². The summed E-state index contributed by atoms with van der Waals surface area (Å²) in [6.45, 7) is 3.12. The van der Waals surface area contributed by atoms with E-state index in [-0.39, 0.29) is 17.2 Å². The van der Waals surface area contributed by atoms with Gasteiger partial charge >= 0.3 is 11.9 Å². The standard InChI is InChI=1S/C20H23NO6/c1-4-12(2)17(20(25)26-3)21-16(22)11-27-19(24)15-10-9-13-7-5-6-8-14(13)18(15)23/h5-10,12,17,23H,4,11H2,1-3H3,(H,21,22)/t12-,17-/m1/s1. The Morgan fingerprint density at radius 3 is 2.52 bits per heavy atom. The molecule has 1 amide bonds. The molecule has 0 aliphatic heterocycles. The predicted molar refractivity (Wildman–Crippen MR) is 99.3 cm³/mol. The third-order valence-electron chi connectivity index (χ3n) is 4.44. The minimum Gasteiger partial charge on any atom is -0.506 e. The molecule has 0 saturated carbocycles. The average Bonchev–Trinajstić information content (AvgIpc) is 2.69. The Bertz CT molecular complexity index is 847. The minimum absolute atomic E-state index is 0.0343. The Labute approximate surface area is 157 Å². The fraction of sp³-hybridized carbons (Fsp3) is 0.350. The van der Waals surface area contributed by atoms with Crippen LogP contribution in [0.3, 0.4) is 0 Å². The average molecular weight is 373 g/mol. The Kier molecular flexibility index (Phi) is 6.76. The van der Waals surface area contributed by atoms with Crippen LogP contribution in [0.5, 0.6) is 5.75 Å². The fourth-order valence-electron chi connectivity index (χ4n) is 2.64. The Hall–Kier alpha value is -3.09. The second-order valence-corrected chi connectivity index (χ2v) is 6.21. The van der Waals surface area contributed by atoms with Crippen LogP contribution in [-0.4, -0.2) is 42.7 Å². The summed E-state index contributed by atoms with van der Waals surface area (Å²) < 4.78 is 9.68. The van der Waals surface area contributed by atoms with Gasteiger partial charge in [-0.1, -0.05) is 50.6 Å². The highest BCUT2D eigenvalue weighted by atomic mass is 16.5. The molecule has 2 rings (SSSR count). The monoisotopic (exact) mass is 373 g/mol. The normalized spacial score (nSPS) is 12.9. The van der Waals surface area contributed by atoms with Gasteiger partial charge in [-0.3, -0.25) is 4.79 Å². The summed E-state index contributed by atoms with van der Waals surface area (Å²) in [6.07, 6.45) is 0.658. The van der Waals surface area contributed by atoms with Gasteiger partial charge in [0, 0.05) is 5.39 Å². The maximum absolute atomic E-state index is 12.2. The molecule has 0 radical (unpaired) electrons. The van der Waals surface area contributed by atoms with Crippen molar-refractivity contribution in [3.63, 3.8) is 0 Å². The molecule has 2 N–H and O–H groups in total. The van der Waals surface area contributed by atoms with E-state index in [0.29, 0.717) is 11.8 Å². The molecule has 0 spiro atoms. The van der Waals surface area contributed by atoms with Gasteiger partial charge < -0.3 is 19.9 Å². The lowest BCUT2D eigenvalue weighted by Gasteiger charge is -2.21. The molecule has 0 aliphatic carbocycles. The van der Waals surface area contributed by atoms with E-state index < -0.39 is 30.5 Å². The second kappa shape index (κ2) is 9.02. The number of phenols is 1. The van der Waals surface area contributed by atoms with Crippen molar-refractivity contribution in [1.82, 2.24) is 5.32 Å². The van der Waals surface area contributed by atoms with E-state index in [9.17, 15) is 19.5 Å². The number of aromatic hydroxyl groups is 1. The van der Waals surface area contributed by atoms with Gasteiger partial charge in [0.1, 0.15) is 17.4 Å². The summed E-state index contributed by atoms with van der Waals surface area (Å²) in [5.74, 6) is -2.35. The van der Waals surface area contributed by atoms with Crippen LogP contribution in [0.4, 0.5) is 0 Å². The van der Waals surface area contributed by atoms with Gasteiger partial charge in [-0.15, -0.1) is 0 Å². The molecule has 2 aromatic rings. The number of ether oxygens (including phenoxy) is 2. The van der Waals surface area contributed by atoms with Gasteiger partial charge in [-0.25, -0.2) is 9.59 Å². The highest BCUT2D eigenvalue weighted by Crippen LogP contribution is 2.28. The second-order valence-electron chi connectivity index (χ2n) is 6.21. The lowest BCUT2D eigenvalue weighted by molar-refractivity contribution is -0.147. The zero-order valence-electron chi connectivity index (χ0n) is 15.5. The van der Waals surface area contributed by atoms with Crippen molar-refractivity contribution in [3.05, 3.63) is 42.0 Å². The zero-order chi connectivity index (χ0) is 20.0. The number of amides is 1. The van der Waals surface area contributed by atoms with E-state index >= 15 is 0 Å². The third kappa shape index (κ3) is 4.75. The molecule has 2 atom stereocenters. The number of methoxy groups -OCH3 is 1. The molecule has 2 aromatic carbocycles. The van der Waals surface area contributed by atoms with Crippen LogP contribution in [0.25, 0.3) is 10.8 Å². The summed E-state index contributed by atoms with van der Waals surface area (Å²) >= 11 is 0. The summed E-state index contributed by atoms with van der Waals surface area (Å²) in [4.78, 5) is 36.1. The lowest BCUT2D eigenvalue weighted by atomic mass is 9.99. The largest absolute Gasteiger partial charge is 0.506 e. The van der Waals surface area contributed by atoms with Crippen LogP contribution >= 0.6 is 0 Å². The van der Waals surface area contributed by atoms with E-state index in [0.717, 1.165) is 5.39 Å². The van der Waals surface area contributed by atoms with Crippen molar-refractivity contribution >= 4 is 28.6 Å². The van der Waals surface area contributed by atoms with Gasteiger partial charge in [0.15, 0.2) is 6.61 Å². The van der Waals surface area contributed by atoms with Crippen LogP contribution in [0.2, 0.25) is 0 Å². The molecule has 0 fully saturated rings. The number of nitrogens with one attached hydrogen (secondary N) is 1. The van der Waals surface area contributed by atoms with Crippen LogP contribution in [-0.2, 0) is 19.1 Å². The fourth-order valence-corrected chi connectivity index (χ4v) is 2.64. The zero-order valence-corrected chi connectivity index (χ0v) is 15.5. The summed E-state index contributed by atoms with van der Waals surface area (Å²) in [5.41, 5.74) is -0.0343. The highest BCUT2D eigenvalue weighted by molar-refractivity contribution is 6.01. The van der Waals surface area contributed by atoms with Crippen LogP contribution in [0, 0.1) is 5.92 Å². The summed E-state index contributed by atoms with van der Waals surface area (Å²) in [6, 6.07) is 9.35. The van der Waals surface area contributed by atoms with E-state index in [1.165, 1.54) is 13.2 Å². The molecule has 0 unspecified atom stereocenters. The number of hydrogen-bond donors (Lipinski definition) is 2. The topological polar surface area (TPSA) is 102 Å². The van der Waals surface area contributed by atoms with E-state index in [1.54, 1.807) is 31.2 Å². The van der Waals surface area contributed by atoms with Crippen molar-refractivity contribution < 1.29 is 29.0 Å². The van der Waals surface area contributed by atoms with Crippen molar-refractivity contribution in [2.75, 3.05) is 13.7 Å². The predicted octanol–water partition coefficient (Wildman–Crippen LogP) is 2.41. The Morgan fingerprint density at radius 2 is 1.85 bits per heavy atom. The number of esters is 2. The van der Waals surface area contributed by atoms with Crippen LogP contribution in [0.15, 0.2) is 36.4 Å². The Morgan fingerprint density at radius 1 is 1.15 bits per heavy atom. The first-order chi connectivity index (χ1) is 12.9. The first-order valence-electron chi connectivity index (χ1n) is 8.64. The maximum Gasteiger partial charge on any atom is 0.342 e. The molecular formula is C20H23NO6. The van der Waals surface area contributed by atoms with Gasteiger partial charge in [0.2, 0.25) is 0 Å². The van der Waals surface area contributed by atoms with E-state index in [1.807, 2.05) is 13.0 Å². The smallest absolute Gasteiger partial charge is 0.342 e. The number of fused-ring (bicyclic) bond motifs is 1. The molecule has 0 aromatic heterocycles. The van der Waals surface area contributed by atoms with E-state index in [4.69, 9.17) is 9.47 Å². The number of benzene rings is 2. The number of phenolic OH excluding ortho intramolecular Hbond substituents is 1. The number of carbonyl (C=O) groups is 3. The quantitative estimate of drug-likeness (QED) is 0.723. The molecule has 0 aliphatic rings. The van der Waals surface area contributed by atoms with Crippen molar-refractivity contribution in [2.24, 2.45) is 5.92 Å². The SMILES string of the molecule is CC[C@@H](C)[C@@H](NC(=O)COC(=O)c1ccc2ccccc2c1O)C(=O)OC. The van der Waals surface area contributed by atoms with E-state index in [2.05, 4.69) is 5.32 Å². The molecule has 7 nitrogen and oxygen atoms in total. The molecule has 27 heavy (non-hydrogen) atoms. The summed E-state index contributed by atoms with van der Waals surface area (Å²) in [5, 5.41) is 14.1. The first kappa shape index (κ1) is 20.2. The minimum atomic E-state index is -0.827. The van der Waals surface area contributed by atoms with Gasteiger partial charge in [-0.2, -0.15) is 0 Å². The number of rotatable bonds is 7. The molecule has 7 heteroatoms. The molecule has 0 saturated heterocycles. The summed E-state index contributed by atoms with van der Waals surface area (Å²) in [7, 11) is 1.24. The van der Waals surface area contributed by atoms with Crippen LogP contribution in [0.1, 0.15) is 30.6 Å². The van der Waals surface area contributed by atoms with Crippen molar-refractivity contribution in [2.45, 2.75) is 26.3 Å². The molecule has 144 valence electrons. The van der Waals surface area contributed by atoms with Crippen LogP contribution < -0.4 is 5.32 Å². The van der Waals surface area contributed by atoms with Gasteiger partial charge in [-0.05, 0) is 17.4 Å².